The van der Waals surface area contributed by atoms with Crippen molar-refractivity contribution in [1.82, 2.24) is 5.23 Å². The van der Waals surface area contributed by atoms with E-state index in [1.54, 1.807) is 0 Å². The van der Waals surface area contributed by atoms with Gasteiger partial charge in [0.15, 0.2) is 0 Å². The molecule has 1 rings (SSSR count). The van der Waals surface area contributed by atoms with Crippen molar-refractivity contribution >= 4 is 6.09 Å². The maximum Gasteiger partial charge on any atom is 0.425 e. The van der Waals surface area contributed by atoms with Gasteiger partial charge in [0.1, 0.15) is 0 Å². The van der Waals surface area contributed by atoms with Crippen LogP contribution in [0.2, 0.25) is 0 Å². The number of primary amides is 1. The summed E-state index contributed by atoms with van der Waals surface area (Å²) in [5.41, 5.74) is 5.79. The first kappa shape index (κ1) is 10.5. The van der Waals surface area contributed by atoms with Gasteiger partial charge in [0, 0.05) is 0 Å². The van der Waals surface area contributed by atoms with Gasteiger partial charge in [-0.1, -0.05) is 30.3 Å². The van der Waals surface area contributed by atoms with Gasteiger partial charge in [-0.05, 0) is 10.8 Å². The van der Waals surface area contributed by atoms with Crippen molar-refractivity contribution in [3.05, 3.63) is 35.9 Å². The first-order valence-electron chi connectivity index (χ1n) is 4.05. The van der Waals surface area contributed by atoms with Crippen LogP contribution < -0.4 is 5.73 Å². The zero-order valence-corrected chi connectivity index (χ0v) is 7.84. The molecule has 0 spiro atoms. The topological polar surface area (TPSA) is 64.8 Å². The Morgan fingerprint density at radius 1 is 1.43 bits per heavy atom. The Morgan fingerprint density at radius 2 is 2.07 bits per heavy atom. The normalized spacial score (nSPS) is 10.1. The fraction of sp³-hybridized carbons (Fsp3) is 0.222. The van der Waals surface area contributed by atoms with Crippen molar-refractivity contribution in [2.45, 2.75) is 6.54 Å². The van der Waals surface area contributed by atoms with E-state index in [0.29, 0.717) is 6.54 Å². The highest BCUT2D eigenvalue weighted by atomic mass is 17.0. The smallest absolute Gasteiger partial charge is 0.333 e. The van der Waals surface area contributed by atoms with Crippen molar-refractivity contribution in [1.29, 1.82) is 0 Å². The predicted molar refractivity (Wildman–Crippen MR) is 49.7 cm³/mol. The molecule has 0 aliphatic rings. The van der Waals surface area contributed by atoms with E-state index in [1.807, 2.05) is 30.3 Å². The number of carbonyl (C=O) groups is 1. The second-order valence-electron chi connectivity index (χ2n) is 2.57. The van der Waals surface area contributed by atoms with Gasteiger partial charge in [0.05, 0.1) is 13.7 Å². The molecule has 0 saturated carbocycles. The summed E-state index contributed by atoms with van der Waals surface area (Å²) in [6, 6.07) is 9.43. The molecule has 5 heteroatoms. The third-order valence-electron chi connectivity index (χ3n) is 1.55. The Hall–Kier alpha value is -1.59. The van der Waals surface area contributed by atoms with Gasteiger partial charge in [-0.2, -0.15) is 0 Å². The Labute approximate surface area is 81.9 Å². The molecular weight excluding hydrogens is 184 g/mol. The summed E-state index contributed by atoms with van der Waals surface area (Å²) < 4.78 is 0. The first-order valence-corrected chi connectivity index (χ1v) is 4.05. The first-order chi connectivity index (χ1) is 6.72. The number of amides is 1. The monoisotopic (exact) mass is 196 g/mol. The minimum absolute atomic E-state index is 0.334. The fourth-order valence-electron chi connectivity index (χ4n) is 0.967. The van der Waals surface area contributed by atoms with Crippen LogP contribution in [0, 0.1) is 0 Å². The second-order valence-corrected chi connectivity index (χ2v) is 2.57. The van der Waals surface area contributed by atoms with Crippen LogP contribution in [0.15, 0.2) is 30.3 Å². The molecule has 1 aromatic carbocycles. The highest BCUT2D eigenvalue weighted by molar-refractivity contribution is 5.64. The molecule has 14 heavy (non-hydrogen) atoms. The average Bonchev–Trinajstić information content (AvgIpc) is 2.17. The van der Waals surface area contributed by atoms with E-state index in [-0.39, 0.29) is 0 Å². The molecule has 0 aliphatic heterocycles. The number of hydrogen-bond acceptors (Lipinski definition) is 4. The van der Waals surface area contributed by atoms with Crippen molar-refractivity contribution in [3.8, 4) is 0 Å². The van der Waals surface area contributed by atoms with E-state index in [0.717, 1.165) is 10.8 Å². The minimum Gasteiger partial charge on any atom is -0.333 e. The molecule has 0 atom stereocenters. The van der Waals surface area contributed by atoms with Crippen LogP contribution in [0.5, 0.6) is 0 Å². The van der Waals surface area contributed by atoms with Crippen LogP contribution in [0.1, 0.15) is 5.56 Å². The van der Waals surface area contributed by atoms with Gasteiger partial charge in [0.2, 0.25) is 0 Å². The number of benzene rings is 1. The second kappa shape index (κ2) is 5.21. The number of nitrogens with two attached hydrogens (primary N) is 1. The van der Waals surface area contributed by atoms with Crippen LogP contribution in [0.25, 0.3) is 0 Å². The molecule has 0 fully saturated rings. The third-order valence-corrected chi connectivity index (χ3v) is 1.55. The van der Waals surface area contributed by atoms with Gasteiger partial charge in [0.25, 0.3) is 0 Å². The summed E-state index contributed by atoms with van der Waals surface area (Å²) in [4.78, 5) is 19.8. The third kappa shape index (κ3) is 3.42. The van der Waals surface area contributed by atoms with E-state index in [9.17, 15) is 4.79 Å². The molecule has 0 aromatic heterocycles. The zero-order chi connectivity index (χ0) is 10.4. The highest BCUT2D eigenvalue weighted by Crippen LogP contribution is 2.04. The van der Waals surface area contributed by atoms with E-state index in [2.05, 4.69) is 4.84 Å². The lowest BCUT2D eigenvalue weighted by atomic mass is 10.2. The van der Waals surface area contributed by atoms with Gasteiger partial charge in [-0.3, -0.25) is 4.84 Å². The largest absolute Gasteiger partial charge is 0.425 e. The number of carbonyl (C=O) groups excluding carboxylic acids is 1. The molecule has 0 radical (unpaired) electrons. The molecule has 76 valence electrons. The maximum atomic E-state index is 10.4. The average molecular weight is 196 g/mol. The van der Waals surface area contributed by atoms with E-state index in [4.69, 9.17) is 10.6 Å². The molecule has 0 heterocycles. The zero-order valence-electron chi connectivity index (χ0n) is 7.84. The van der Waals surface area contributed by atoms with Crippen LogP contribution in [0.3, 0.4) is 0 Å². The van der Waals surface area contributed by atoms with Crippen LogP contribution in [0.4, 0.5) is 4.79 Å². The Kier molecular flexibility index (Phi) is 3.90. The summed E-state index contributed by atoms with van der Waals surface area (Å²) in [5.74, 6) is 0. The summed E-state index contributed by atoms with van der Waals surface area (Å²) >= 11 is 0. The molecule has 5 nitrogen and oxygen atoms in total. The Bertz CT molecular complexity index is 289. The van der Waals surface area contributed by atoms with E-state index < -0.39 is 6.09 Å². The maximum absolute atomic E-state index is 10.4. The number of rotatable bonds is 4. The van der Waals surface area contributed by atoms with Crippen molar-refractivity contribution in [2.75, 3.05) is 7.11 Å². The van der Waals surface area contributed by atoms with Crippen LogP contribution in [-0.2, 0) is 16.2 Å². The van der Waals surface area contributed by atoms with Gasteiger partial charge in [-0.15, -0.1) is 0 Å². The molecule has 2 N–H and O–H groups in total. The lowest BCUT2D eigenvalue weighted by molar-refractivity contribution is -0.326. The standard InChI is InChI=1S/C9H12N2O3/c1-13-11(14-9(10)12)7-8-5-3-2-4-6-8/h2-6H,7H2,1H3,(H2,10,12). The molecule has 1 aromatic rings. The molecule has 0 unspecified atom stereocenters. The van der Waals surface area contributed by atoms with Crippen molar-refractivity contribution in [2.24, 2.45) is 5.73 Å². The Balaban J connectivity index is 2.53. The number of hydroxylamine groups is 2. The quantitative estimate of drug-likeness (QED) is 0.731. The SMILES string of the molecule is CON(Cc1ccccc1)OC(N)=O. The van der Waals surface area contributed by atoms with Gasteiger partial charge < -0.3 is 10.6 Å². The lowest BCUT2D eigenvalue weighted by Crippen LogP contribution is -2.29. The van der Waals surface area contributed by atoms with Crippen LogP contribution in [-0.4, -0.2) is 18.4 Å². The Morgan fingerprint density at radius 3 is 2.57 bits per heavy atom. The van der Waals surface area contributed by atoms with E-state index in [1.165, 1.54) is 7.11 Å². The predicted octanol–water partition coefficient (Wildman–Crippen LogP) is 1.06. The number of nitrogens with zero attached hydrogens (tertiary/aromatic N) is 1. The molecule has 0 saturated heterocycles. The molecular formula is C9H12N2O3. The summed E-state index contributed by atoms with van der Waals surface area (Å²) in [5, 5.41) is 1.01. The number of hydrogen-bond donors (Lipinski definition) is 1. The molecule has 0 bridgehead atoms. The minimum atomic E-state index is -0.900. The summed E-state index contributed by atoms with van der Waals surface area (Å²) in [6.45, 7) is 0.334. The van der Waals surface area contributed by atoms with Gasteiger partial charge >= 0.3 is 6.09 Å². The molecule has 1 amide bonds. The van der Waals surface area contributed by atoms with Crippen LogP contribution >= 0.6 is 0 Å². The molecule has 0 aliphatic carbocycles. The van der Waals surface area contributed by atoms with Gasteiger partial charge in [-0.25, -0.2) is 4.79 Å². The van der Waals surface area contributed by atoms with Crippen molar-refractivity contribution in [3.63, 3.8) is 0 Å². The van der Waals surface area contributed by atoms with E-state index >= 15 is 0 Å². The summed E-state index contributed by atoms with van der Waals surface area (Å²) in [7, 11) is 1.39. The fourth-order valence-corrected chi connectivity index (χ4v) is 0.967. The van der Waals surface area contributed by atoms with Crippen molar-refractivity contribution < 1.29 is 14.5 Å². The summed E-state index contributed by atoms with van der Waals surface area (Å²) in [6.07, 6.45) is -0.900. The highest BCUT2D eigenvalue weighted by Gasteiger charge is 2.08. The lowest BCUT2D eigenvalue weighted by Gasteiger charge is -2.16.